The minimum absolute atomic E-state index is 0.0449. The third-order valence-electron chi connectivity index (χ3n) is 6.87. The number of alkyl halides is 3. The zero-order chi connectivity index (χ0) is 26.6. The summed E-state index contributed by atoms with van der Waals surface area (Å²) in [6.07, 6.45) is -2.05. The summed E-state index contributed by atoms with van der Waals surface area (Å²) in [5.41, 5.74) is 1.08. The number of benzene rings is 2. The predicted octanol–water partition coefficient (Wildman–Crippen LogP) is 6.86. The number of sulfonamides is 1. The molecule has 1 fully saturated rings. The highest BCUT2D eigenvalue weighted by Gasteiger charge is 2.47. The molecule has 1 unspecified atom stereocenters. The highest BCUT2D eigenvalue weighted by atomic mass is 32.2. The molecule has 4 rings (SSSR count). The van der Waals surface area contributed by atoms with Crippen molar-refractivity contribution in [3.8, 4) is 0 Å². The van der Waals surface area contributed by atoms with Gasteiger partial charge in [0.1, 0.15) is 0 Å². The lowest BCUT2D eigenvalue weighted by Gasteiger charge is -2.31. The molecule has 1 saturated carbocycles. The molecule has 0 saturated heterocycles. The van der Waals surface area contributed by atoms with Crippen LogP contribution in [-0.2, 0) is 19.5 Å². The Labute approximate surface area is 215 Å². The van der Waals surface area contributed by atoms with Gasteiger partial charge in [-0.15, -0.1) is 0 Å². The number of ether oxygens (including phenoxy) is 2. The molecule has 0 amide bonds. The number of hydrogen-bond acceptors (Lipinski definition) is 5. The highest BCUT2D eigenvalue weighted by molar-refractivity contribution is 7.92. The number of hydrogen-bond donors (Lipinski definition) is 0. The Kier molecular flexibility index (Phi) is 8.16. The molecule has 0 bridgehead atoms. The topological polar surface area (TPSA) is 72.9 Å². The van der Waals surface area contributed by atoms with Crippen molar-refractivity contribution in [1.82, 2.24) is 0 Å². The van der Waals surface area contributed by atoms with Crippen molar-refractivity contribution in [1.29, 1.82) is 0 Å². The maximum Gasteiger partial charge on any atom is 0.509 e. The van der Waals surface area contributed by atoms with E-state index in [1.165, 1.54) is 30.3 Å². The highest BCUT2D eigenvalue weighted by Crippen LogP contribution is 2.42. The zero-order valence-corrected chi connectivity index (χ0v) is 21.4. The molecule has 1 atom stereocenters. The first-order valence-corrected chi connectivity index (χ1v) is 13.8. The molecule has 1 heterocycles. The number of para-hydroxylation sites is 1. The molecule has 37 heavy (non-hydrogen) atoms. The van der Waals surface area contributed by atoms with E-state index in [9.17, 15) is 26.4 Å². The number of aryl methyl sites for hydroxylation is 1. The number of fused-ring (bicyclic) bond motifs is 1. The van der Waals surface area contributed by atoms with Gasteiger partial charge in [-0.2, -0.15) is 13.2 Å². The molecule has 2 aliphatic rings. The molecule has 0 spiro atoms. The monoisotopic (exact) mass is 537 g/mol. The number of carbonyl (C=O) groups is 1. The second-order valence-corrected chi connectivity index (χ2v) is 11.3. The van der Waals surface area contributed by atoms with Gasteiger partial charge in [-0.1, -0.05) is 66.8 Å². The summed E-state index contributed by atoms with van der Waals surface area (Å²) in [5, 5.41) is 0. The molecule has 10 heteroatoms. The minimum atomic E-state index is -5.00. The molecule has 1 aliphatic heterocycles. The van der Waals surface area contributed by atoms with Gasteiger partial charge < -0.3 is 9.47 Å². The number of nitrogens with zero attached hydrogens (tertiary/aromatic N) is 1. The van der Waals surface area contributed by atoms with Gasteiger partial charge in [-0.3, -0.25) is 4.31 Å². The van der Waals surface area contributed by atoms with Crippen LogP contribution in [0, 0.1) is 12.8 Å². The van der Waals surface area contributed by atoms with Crippen LogP contribution < -0.4 is 4.31 Å². The van der Waals surface area contributed by atoms with Gasteiger partial charge >= 0.3 is 12.3 Å². The molecule has 2 aromatic carbocycles. The quantitative estimate of drug-likeness (QED) is 0.316. The first-order valence-electron chi connectivity index (χ1n) is 12.3. The Balaban J connectivity index is 1.88. The predicted molar refractivity (Wildman–Crippen MR) is 133 cm³/mol. The van der Waals surface area contributed by atoms with E-state index >= 15 is 0 Å². The van der Waals surface area contributed by atoms with Gasteiger partial charge in [-0.25, -0.2) is 13.2 Å². The summed E-state index contributed by atoms with van der Waals surface area (Å²) >= 11 is 0. The third kappa shape index (κ3) is 6.29. The maximum atomic E-state index is 14.1. The third-order valence-corrected chi connectivity index (χ3v) is 8.66. The van der Waals surface area contributed by atoms with Crippen LogP contribution >= 0.6 is 0 Å². The van der Waals surface area contributed by atoms with E-state index in [2.05, 4.69) is 0 Å². The van der Waals surface area contributed by atoms with Gasteiger partial charge in [0.15, 0.2) is 0 Å². The van der Waals surface area contributed by atoms with Crippen LogP contribution in [0.5, 0.6) is 0 Å². The fourth-order valence-electron chi connectivity index (χ4n) is 4.94. The van der Waals surface area contributed by atoms with Crippen molar-refractivity contribution in [2.45, 2.75) is 62.6 Å². The number of anilines is 1. The van der Waals surface area contributed by atoms with Crippen molar-refractivity contribution in [3.05, 3.63) is 71.3 Å². The molecule has 0 aromatic heterocycles. The van der Waals surface area contributed by atoms with E-state index in [-0.39, 0.29) is 36.1 Å². The number of rotatable bonds is 3. The van der Waals surface area contributed by atoms with Crippen LogP contribution in [0.2, 0.25) is 0 Å². The molecule has 6 nitrogen and oxygen atoms in total. The van der Waals surface area contributed by atoms with Gasteiger partial charge in [0.05, 0.1) is 23.7 Å². The summed E-state index contributed by atoms with van der Waals surface area (Å²) < 4.78 is 80.8. The second kappa shape index (κ2) is 11.2. The van der Waals surface area contributed by atoms with Gasteiger partial charge in [-0.05, 0) is 43.9 Å². The van der Waals surface area contributed by atoms with E-state index in [1.54, 1.807) is 18.2 Å². The first-order chi connectivity index (χ1) is 17.6. The standard InChI is InChI=1S/C27H30F3NO5S/c1-19-11-13-22(14-12-19)37(33,34)31-17-15-21(20-7-3-2-4-8-20)16-18-35-26(32)36-25(27(28,29)30)23-9-5-6-10-24(23)31/h5-6,9-15,20,25H,2-4,7-8,16-18H2,1H3/b21-15+. The molecule has 2 aromatic rings. The van der Waals surface area contributed by atoms with Gasteiger partial charge in [0.2, 0.25) is 6.10 Å². The number of carbonyl (C=O) groups excluding carboxylic acids is 1. The lowest BCUT2D eigenvalue weighted by molar-refractivity contribution is -0.211. The van der Waals surface area contributed by atoms with E-state index in [4.69, 9.17) is 9.47 Å². The molecule has 200 valence electrons. The largest absolute Gasteiger partial charge is 0.509 e. The van der Waals surface area contributed by atoms with Crippen molar-refractivity contribution in [2.75, 3.05) is 17.5 Å². The first kappa shape index (κ1) is 27.0. The normalized spacial score (nSPS) is 21.9. The van der Waals surface area contributed by atoms with E-state index in [0.29, 0.717) is 0 Å². The fourth-order valence-corrected chi connectivity index (χ4v) is 6.37. The van der Waals surface area contributed by atoms with Crippen LogP contribution in [0.1, 0.15) is 55.8 Å². The minimum Gasteiger partial charge on any atom is -0.434 e. The zero-order valence-electron chi connectivity index (χ0n) is 20.5. The van der Waals surface area contributed by atoms with Crippen LogP contribution in [-0.4, -0.2) is 33.9 Å². The Morgan fingerprint density at radius 3 is 2.32 bits per heavy atom. The summed E-state index contributed by atoms with van der Waals surface area (Å²) in [6.45, 7) is 1.49. The molecular formula is C27H30F3NO5S. The average Bonchev–Trinajstić information content (AvgIpc) is 2.86. The van der Waals surface area contributed by atoms with Crippen molar-refractivity contribution in [2.24, 2.45) is 5.92 Å². The van der Waals surface area contributed by atoms with Crippen molar-refractivity contribution >= 4 is 21.9 Å². The second-order valence-electron chi connectivity index (χ2n) is 9.41. The molecular weight excluding hydrogens is 507 g/mol. The fraction of sp³-hybridized carbons (Fsp3) is 0.444. The summed E-state index contributed by atoms with van der Waals surface area (Å²) in [5.74, 6) is 0.193. The van der Waals surface area contributed by atoms with Gasteiger partial charge in [0.25, 0.3) is 10.0 Å². The van der Waals surface area contributed by atoms with Crippen molar-refractivity contribution < 1.29 is 35.9 Å². The Bertz CT molecular complexity index is 1240. The lowest BCUT2D eigenvalue weighted by Crippen LogP contribution is -2.35. The summed E-state index contributed by atoms with van der Waals surface area (Å²) in [7, 11) is -4.27. The number of cyclic esters (lactones) is 2. The number of halogens is 3. The summed E-state index contributed by atoms with van der Waals surface area (Å²) in [6, 6.07) is 11.4. The van der Waals surface area contributed by atoms with Crippen LogP contribution in [0.4, 0.5) is 23.7 Å². The Hall–Kier alpha value is -3.01. The average molecular weight is 538 g/mol. The molecule has 1 aliphatic carbocycles. The molecule has 0 N–H and O–H groups in total. The van der Waals surface area contributed by atoms with Crippen molar-refractivity contribution in [3.63, 3.8) is 0 Å². The maximum absolute atomic E-state index is 14.1. The SMILES string of the molecule is Cc1ccc(S(=O)(=O)N2C/C=C(/C3CCCCC3)CCOC(=O)OC(C(F)(F)F)c3ccccc32)cc1. The van der Waals surface area contributed by atoms with Crippen LogP contribution in [0.25, 0.3) is 0 Å². The van der Waals surface area contributed by atoms with E-state index in [1.807, 2.05) is 6.92 Å². The Morgan fingerprint density at radius 2 is 1.65 bits per heavy atom. The smallest absolute Gasteiger partial charge is 0.434 e. The van der Waals surface area contributed by atoms with Crippen LogP contribution in [0.15, 0.2) is 65.1 Å². The Morgan fingerprint density at radius 1 is 0.973 bits per heavy atom. The van der Waals surface area contributed by atoms with E-state index < -0.39 is 34.0 Å². The van der Waals surface area contributed by atoms with E-state index in [0.717, 1.165) is 53.6 Å². The molecule has 0 radical (unpaired) electrons. The van der Waals surface area contributed by atoms with Crippen LogP contribution in [0.3, 0.4) is 0 Å². The summed E-state index contributed by atoms with van der Waals surface area (Å²) in [4.78, 5) is 12.2. The van der Waals surface area contributed by atoms with Gasteiger partial charge in [0, 0.05) is 12.0 Å². The lowest BCUT2D eigenvalue weighted by atomic mass is 9.82.